The molecule has 28 heavy (non-hydrogen) atoms. The van der Waals surface area contributed by atoms with Gasteiger partial charge in [-0.3, -0.25) is 9.59 Å². The van der Waals surface area contributed by atoms with Gasteiger partial charge in [-0.25, -0.2) is 8.78 Å². The predicted molar refractivity (Wildman–Crippen MR) is 112 cm³/mol. The van der Waals surface area contributed by atoms with E-state index in [4.69, 9.17) is 17.3 Å². The number of carbonyl (C=O) groups excluding carboxylic acids is 2. The SMILES string of the molecule is Cc1[nH]c2c(C(N)=O)c(F)c(F)c(C3=CCC[C@@H](NC(=O)C#CI)C3)c2c1Cl. The molecular formula is C19H15ClF2IN3O2. The highest BCUT2D eigenvalue weighted by Gasteiger charge is 2.30. The number of nitrogens with two attached hydrogens (primary N) is 1. The van der Waals surface area contributed by atoms with E-state index in [0.29, 0.717) is 24.1 Å². The first-order valence-electron chi connectivity index (χ1n) is 8.36. The number of allylic oxidation sites excluding steroid dienone is 1. The minimum absolute atomic E-state index is 0.0224. The van der Waals surface area contributed by atoms with Gasteiger partial charge in [0.05, 0.1) is 10.5 Å². The Morgan fingerprint density at radius 3 is 2.75 bits per heavy atom. The highest BCUT2D eigenvalue weighted by atomic mass is 127. The lowest BCUT2D eigenvalue weighted by atomic mass is 9.87. The van der Waals surface area contributed by atoms with Crippen molar-refractivity contribution in [2.45, 2.75) is 32.2 Å². The van der Waals surface area contributed by atoms with Crippen LogP contribution in [0, 0.1) is 28.4 Å². The van der Waals surface area contributed by atoms with Crippen molar-refractivity contribution in [3.8, 4) is 9.85 Å². The number of nitrogens with one attached hydrogen (secondary N) is 2. The van der Waals surface area contributed by atoms with E-state index in [1.807, 2.05) is 0 Å². The summed E-state index contributed by atoms with van der Waals surface area (Å²) < 4.78 is 32.2. The van der Waals surface area contributed by atoms with Crippen LogP contribution in [0.1, 0.15) is 40.9 Å². The van der Waals surface area contributed by atoms with Crippen molar-refractivity contribution >= 4 is 62.5 Å². The number of aromatic amines is 1. The lowest BCUT2D eigenvalue weighted by Gasteiger charge is -2.24. The maximum atomic E-state index is 15.0. The van der Waals surface area contributed by atoms with Crippen LogP contribution in [0.15, 0.2) is 6.08 Å². The maximum Gasteiger partial charge on any atom is 0.296 e. The molecule has 1 atom stereocenters. The van der Waals surface area contributed by atoms with Crippen LogP contribution in [0.25, 0.3) is 16.5 Å². The molecule has 1 aromatic heterocycles. The standard InChI is InChI=1S/C19H15ClF2IN3O2/c1-8-15(20)13-12(16(21)17(22)14(19(24)28)18(13)25-8)9-3-2-4-10(7-9)26-11(27)5-6-23/h3,10,25H,2,4,7H2,1H3,(H2,24,28)(H,26,27)/t10-/m1/s1. The van der Waals surface area contributed by atoms with E-state index in [-0.39, 0.29) is 34.0 Å². The Labute approximate surface area is 178 Å². The molecule has 1 aliphatic carbocycles. The molecule has 2 amide bonds. The van der Waals surface area contributed by atoms with Crippen molar-refractivity contribution in [1.82, 2.24) is 10.3 Å². The molecule has 0 bridgehead atoms. The smallest absolute Gasteiger partial charge is 0.296 e. The third-order valence-electron chi connectivity index (χ3n) is 4.68. The van der Waals surface area contributed by atoms with Crippen molar-refractivity contribution in [1.29, 1.82) is 0 Å². The van der Waals surface area contributed by atoms with Gasteiger partial charge in [0.1, 0.15) is 5.56 Å². The largest absolute Gasteiger partial charge is 0.365 e. The molecule has 1 aliphatic rings. The summed E-state index contributed by atoms with van der Waals surface area (Å²) in [6.45, 7) is 1.63. The summed E-state index contributed by atoms with van der Waals surface area (Å²) in [5.41, 5.74) is 5.69. The van der Waals surface area contributed by atoms with Crippen molar-refractivity contribution in [3.05, 3.63) is 39.6 Å². The van der Waals surface area contributed by atoms with E-state index in [1.54, 1.807) is 35.6 Å². The molecule has 0 aliphatic heterocycles. The number of rotatable bonds is 3. The minimum Gasteiger partial charge on any atom is -0.365 e. The predicted octanol–water partition coefficient (Wildman–Crippen LogP) is 3.95. The van der Waals surface area contributed by atoms with Gasteiger partial charge in [-0.15, -0.1) is 0 Å². The zero-order valence-electron chi connectivity index (χ0n) is 14.7. The van der Waals surface area contributed by atoms with Crippen LogP contribution in [-0.2, 0) is 4.79 Å². The lowest BCUT2D eigenvalue weighted by molar-refractivity contribution is -0.116. The molecule has 3 rings (SSSR count). The number of amides is 2. The number of H-pyrrole nitrogens is 1. The summed E-state index contributed by atoms with van der Waals surface area (Å²) in [7, 11) is 0. The number of fused-ring (bicyclic) bond motifs is 1. The van der Waals surface area contributed by atoms with Gasteiger partial charge in [-0.2, -0.15) is 0 Å². The molecule has 0 saturated heterocycles. The maximum absolute atomic E-state index is 15.0. The molecular weight excluding hydrogens is 503 g/mol. The zero-order chi connectivity index (χ0) is 20.6. The monoisotopic (exact) mass is 517 g/mol. The van der Waals surface area contributed by atoms with E-state index in [2.05, 4.69) is 20.1 Å². The van der Waals surface area contributed by atoms with Crippen molar-refractivity contribution in [3.63, 3.8) is 0 Å². The first-order valence-corrected chi connectivity index (χ1v) is 9.82. The molecule has 0 fully saturated rings. The second kappa shape index (κ2) is 8.09. The van der Waals surface area contributed by atoms with Gasteiger partial charge in [0.15, 0.2) is 11.6 Å². The first kappa shape index (κ1) is 20.6. The molecule has 1 aromatic carbocycles. The fourth-order valence-corrected chi connectivity index (χ4v) is 3.98. The van der Waals surface area contributed by atoms with Crippen molar-refractivity contribution in [2.24, 2.45) is 5.73 Å². The van der Waals surface area contributed by atoms with Crippen molar-refractivity contribution in [2.75, 3.05) is 0 Å². The summed E-state index contributed by atoms with van der Waals surface area (Å²) >= 11 is 8.10. The van der Waals surface area contributed by atoms with Gasteiger partial charge in [0, 0.05) is 51.2 Å². The van der Waals surface area contributed by atoms with Gasteiger partial charge in [0.2, 0.25) is 0 Å². The fourth-order valence-electron chi connectivity index (χ4n) is 3.50. The number of primary amides is 1. The van der Waals surface area contributed by atoms with Gasteiger partial charge in [-0.05, 0) is 35.7 Å². The van der Waals surface area contributed by atoms with Gasteiger partial charge in [-0.1, -0.05) is 17.7 Å². The topological polar surface area (TPSA) is 88.0 Å². The summed E-state index contributed by atoms with van der Waals surface area (Å²) in [4.78, 5) is 26.3. The average molecular weight is 518 g/mol. The van der Waals surface area contributed by atoms with E-state index in [1.165, 1.54) is 0 Å². The van der Waals surface area contributed by atoms with Gasteiger partial charge < -0.3 is 16.0 Å². The number of halogens is 4. The van der Waals surface area contributed by atoms with Crippen LogP contribution in [0.3, 0.4) is 0 Å². The average Bonchev–Trinajstić information content (AvgIpc) is 2.91. The molecule has 0 unspecified atom stereocenters. The quantitative estimate of drug-likeness (QED) is 0.425. The van der Waals surface area contributed by atoms with Crippen LogP contribution >= 0.6 is 34.2 Å². The van der Waals surface area contributed by atoms with E-state index in [9.17, 15) is 14.0 Å². The number of hydrogen-bond donors (Lipinski definition) is 3. The zero-order valence-corrected chi connectivity index (χ0v) is 17.6. The molecule has 0 saturated carbocycles. The summed E-state index contributed by atoms with van der Waals surface area (Å²) in [5, 5.41) is 3.16. The Bertz CT molecular complexity index is 1100. The van der Waals surface area contributed by atoms with E-state index >= 15 is 4.39 Å². The number of hydrogen-bond acceptors (Lipinski definition) is 2. The van der Waals surface area contributed by atoms with Crippen LogP contribution in [0.5, 0.6) is 0 Å². The number of aryl methyl sites for hydroxylation is 1. The van der Waals surface area contributed by atoms with E-state index in [0.717, 1.165) is 0 Å². The molecule has 0 radical (unpaired) electrons. The molecule has 9 heteroatoms. The molecule has 5 nitrogen and oxygen atoms in total. The Kier molecular flexibility index (Phi) is 5.95. The highest BCUT2D eigenvalue weighted by Crippen LogP contribution is 2.41. The highest BCUT2D eigenvalue weighted by molar-refractivity contribution is 14.1. The van der Waals surface area contributed by atoms with Crippen molar-refractivity contribution < 1.29 is 18.4 Å². The van der Waals surface area contributed by atoms with E-state index < -0.39 is 29.0 Å². The Balaban J connectivity index is 2.15. The summed E-state index contributed by atoms with van der Waals surface area (Å²) in [6, 6.07) is -0.281. The first-order chi connectivity index (χ1) is 13.3. The molecule has 0 spiro atoms. The summed E-state index contributed by atoms with van der Waals surface area (Å²) in [5.74, 6) is -1.65. The Hall–Kier alpha value is -2.12. The third-order valence-corrected chi connectivity index (χ3v) is 5.42. The van der Waals surface area contributed by atoms with Gasteiger partial charge in [0.25, 0.3) is 11.8 Å². The molecule has 2 aromatic rings. The molecule has 146 valence electrons. The summed E-state index contributed by atoms with van der Waals surface area (Å²) in [6.07, 6.45) is 3.26. The van der Waals surface area contributed by atoms with Crippen LogP contribution in [0.4, 0.5) is 8.78 Å². The second-order valence-electron chi connectivity index (χ2n) is 6.46. The molecule has 4 N–H and O–H groups in total. The van der Waals surface area contributed by atoms with Crippen LogP contribution < -0.4 is 11.1 Å². The fraction of sp³-hybridized carbons (Fsp3) is 0.263. The van der Waals surface area contributed by atoms with Crippen LogP contribution in [0.2, 0.25) is 5.02 Å². The third kappa shape index (κ3) is 3.61. The normalized spacial score (nSPS) is 16.3. The Morgan fingerprint density at radius 2 is 2.11 bits per heavy atom. The number of carbonyl (C=O) groups is 2. The van der Waals surface area contributed by atoms with Crippen LogP contribution in [-0.4, -0.2) is 22.8 Å². The minimum atomic E-state index is -1.32. The Morgan fingerprint density at radius 1 is 1.39 bits per heavy atom. The molecule has 1 heterocycles. The van der Waals surface area contributed by atoms with Gasteiger partial charge >= 0.3 is 0 Å². The number of aromatic nitrogens is 1. The second-order valence-corrected chi connectivity index (χ2v) is 7.37. The number of benzene rings is 1. The lowest BCUT2D eigenvalue weighted by Crippen LogP contribution is -2.35.